The van der Waals surface area contributed by atoms with Gasteiger partial charge in [-0.15, -0.1) is 11.8 Å². The highest BCUT2D eigenvalue weighted by molar-refractivity contribution is 8.01. The maximum Gasteiger partial charge on any atom is 0.234 e. The largest absolute Gasteiger partial charge is 0.348 e. The number of rotatable bonds is 4. The van der Waals surface area contributed by atoms with Crippen LogP contribution in [0.25, 0.3) is 0 Å². The number of benzene rings is 2. The standard InChI is InChI=1S/C20H21NOS/c1-13-11-16(13)19(14-7-3-2-4-8-14)21-20(22)18-12-15-9-5-6-10-17(15)23-18/h2-10,13,16,18-19H,11-12H2,1H3,(H,21,22). The average molecular weight is 323 g/mol. The minimum Gasteiger partial charge on any atom is -0.348 e. The molecular formula is C20H21NOS. The zero-order valence-electron chi connectivity index (χ0n) is 13.2. The molecule has 1 aliphatic carbocycles. The van der Waals surface area contributed by atoms with Crippen molar-refractivity contribution >= 4 is 17.7 Å². The number of nitrogens with one attached hydrogen (secondary N) is 1. The monoisotopic (exact) mass is 323 g/mol. The van der Waals surface area contributed by atoms with Crippen molar-refractivity contribution < 1.29 is 4.79 Å². The normalized spacial score (nSPS) is 26.4. The Bertz CT molecular complexity index is 690. The van der Waals surface area contributed by atoms with Crippen molar-refractivity contribution in [1.82, 2.24) is 5.32 Å². The van der Waals surface area contributed by atoms with Crippen molar-refractivity contribution in [1.29, 1.82) is 0 Å². The van der Waals surface area contributed by atoms with Crippen LogP contribution in [0.4, 0.5) is 0 Å². The van der Waals surface area contributed by atoms with Gasteiger partial charge in [0.1, 0.15) is 0 Å². The Morgan fingerprint density at radius 3 is 2.52 bits per heavy atom. The van der Waals surface area contributed by atoms with Gasteiger partial charge in [0.2, 0.25) is 5.91 Å². The Morgan fingerprint density at radius 2 is 1.83 bits per heavy atom. The molecule has 4 atom stereocenters. The van der Waals surface area contributed by atoms with Gasteiger partial charge in [-0.3, -0.25) is 4.79 Å². The number of hydrogen-bond donors (Lipinski definition) is 1. The van der Waals surface area contributed by atoms with Gasteiger partial charge in [-0.25, -0.2) is 0 Å². The van der Waals surface area contributed by atoms with Crippen LogP contribution in [0.2, 0.25) is 0 Å². The van der Waals surface area contributed by atoms with E-state index in [1.54, 1.807) is 11.8 Å². The summed E-state index contributed by atoms with van der Waals surface area (Å²) in [5, 5.41) is 3.35. The fraction of sp³-hybridized carbons (Fsp3) is 0.350. The lowest BCUT2D eigenvalue weighted by Crippen LogP contribution is -2.36. The highest BCUT2D eigenvalue weighted by atomic mass is 32.2. The fourth-order valence-electron chi connectivity index (χ4n) is 3.49. The molecule has 4 rings (SSSR count). The van der Waals surface area contributed by atoms with E-state index in [4.69, 9.17) is 0 Å². The van der Waals surface area contributed by atoms with Gasteiger partial charge in [-0.05, 0) is 41.9 Å². The third-order valence-electron chi connectivity index (χ3n) is 5.00. The summed E-state index contributed by atoms with van der Waals surface area (Å²) in [5.74, 6) is 1.46. The van der Waals surface area contributed by atoms with E-state index in [-0.39, 0.29) is 17.2 Å². The van der Waals surface area contributed by atoms with E-state index in [0.29, 0.717) is 11.8 Å². The quantitative estimate of drug-likeness (QED) is 0.913. The highest BCUT2D eigenvalue weighted by Crippen LogP contribution is 2.47. The second kappa shape index (κ2) is 6.04. The molecule has 0 saturated heterocycles. The summed E-state index contributed by atoms with van der Waals surface area (Å²) in [5.41, 5.74) is 2.53. The SMILES string of the molecule is CC1CC1C(NC(=O)C1Cc2ccccc2S1)c1ccccc1. The fourth-order valence-corrected chi connectivity index (χ4v) is 4.69. The molecule has 2 nitrogen and oxygen atoms in total. The van der Waals surface area contributed by atoms with E-state index < -0.39 is 0 Å². The van der Waals surface area contributed by atoms with Crippen molar-refractivity contribution in [2.24, 2.45) is 11.8 Å². The lowest BCUT2D eigenvalue weighted by Gasteiger charge is -2.21. The van der Waals surface area contributed by atoms with Crippen molar-refractivity contribution in [3.05, 3.63) is 65.7 Å². The van der Waals surface area contributed by atoms with E-state index in [1.165, 1.54) is 22.4 Å². The van der Waals surface area contributed by atoms with Crippen LogP contribution in [-0.4, -0.2) is 11.2 Å². The van der Waals surface area contributed by atoms with Gasteiger partial charge in [0.05, 0.1) is 11.3 Å². The molecule has 2 aliphatic rings. The van der Waals surface area contributed by atoms with Crippen molar-refractivity contribution in [3.8, 4) is 0 Å². The summed E-state index contributed by atoms with van der Waals surface area (Å²) >= 11 is 1.70. The Labute approximate surface area is 141 Å². The topological polar surface area (TPSA) is 29.1 Å². The Morgan fingerprint density at radius 1 is 1.13 bits per heavy atom. The molecule has 23 heavy (non-hydrogen) atoms. The molecule has 1 fully saturated rings. The summed E-state index contributed by atoms with van der Waals surface area (Å²) in [6, 6.07) is 18.9. The molecular weight excluding hydrogens is 302 g/mol. The molecule has 1 amide bonds. The van der Waals surface area contributed by atoms with Crippen molar-refractivity contribution in [3.63, 3.8) is 0 Å². The molecule has 1 N–H and O–H groups in total. The van der Waals surface area contributed by atoms with Crippen LogP contribution >= 0.6 is 11.8 Å². The molecule has 0 aromatic heterocycles. The Balaban J connectivity index is 1.49. The van der Waals surface area contributed by atoms with Crippen molar-refractivity contribution in [2.75, 3.05) is 0 Å². The molecule has 118 valence electrons. The molecule has 2 aromatic rings. The molecule has 2 aromatic carbocycles. The van der Waals surface area contributed by atoms with Crippen LogP contribution in [0.1, 0.15) is 30.5 Å². The zero-order chi connectivity index (χ0) is 15.8. The van der Waals surface area contributed by atoms with Gasteiger partial charge in [-0.1, -0.05) is 55.5 Å². The molecule has 1 saturated carbocycles. The van der Waals surface area contributed by atoms with Crippen molar-refractivity contribution in [2.45, 2.75) is 36.0 Å². The summed E-state index contributed by atoms with van der Waals surface area (Å²) in [6.45, 7) is 2.27. The molecule has 0 radical (unpaired) electrons. The second-order valence-electron chi connectivity index (χ2n) is 6.69. The minimum atomic E-state index is 0.00710. The molecule has 0 spiro atoms. The number of fused-ring (bicyclic) bond motifs is 1. The first kappa shape index (κ1) is 14.8. The Hall–Kier alpha value is -1.74. The first-order valence-corrected chi connectivity index (χ1v) is 9.20. The number of carbonyl (C=O) groups excluding carboxylic acids is 1. The summed E-state index contributed by atoms with van der Waals surface area (Å²) < 4.78 is 0. The van der Waals surface area contributed by atoms with Crippen LogP contribution in [0.15, 0.2) is 59.5 Å². The Kier molecular flexibility index (Phi) is 3.90. The van der Waals surface area contributed by atoms with E-state index in [2.05, 4.69) is 54.7 Å². The van der Waals surface area contributed by atoms with Gasteiger partial charge in [0.25, 0.3) is 0 Å². The molecule has 3 heteroatoms. The van der Waals surface area contributed by atoms with Crippen LogP contribution in [0, 0.1) is 11.8 Å². The molecule has 1 aliphatic heterocycles. The van der Waals surface area contributed by atoms with Gasteiger partial charge >= 0.3 is 0 Å². The van der Waals surface area contributed by atoms with E-state index in [1.807, 2.05) is 12.1 Å². The first-order valence-electron chi connectivity index (χ1n) is 8.32. The van der Waals surface area contributed by atoms with Gasteiger partial charge in [0.15, 0.2) is 0 Å². The number of carbonyl (C=O) groups is 1. The number of amides is 1. The second-order valence-corrected chi connectivity index (χ2v) is 7.94. The average Bonchev–Trinajstić information content (AvgIpc) is 3.13. The maximum absolute atomic E-state index is 12.8. The third kappa shape index (κ3) is 3.02. The van der Waals surface area contributed by atoms with Crippen LogP contribution < -0.4 is 5.32 Å². The number of thioether (sulfide) groups is 1. The van der Waals surface area contributed by atoms with Gasteiger partial charge < -0.3 is 5.32 Å². The van der Waals surface area contributed by atoms with Crippen LogP contribution in [-0.2, 0) is 11.2 Å². The summed E-state index contributed by atoms with van der Waals surface area (Å²) in [4.78, 5) is 14.1. The maximum atomic E-state index is 12.8. The van der Waals surface area contributed by atoms with E-state index >= 15 is 0 Å². The van der Waals surface area contributed by atoms with E-state index in [0.717, 1.165) is 6.42 Å². The summed E-state index contributed by atoms with van der Waals surface area (Å²) in [6.07, 6.45) is 2.05. The van der Waals surface area contributed by atoms with Gasteiger partial charge in [-0.2, -0.15) is 0 Å². The predicted octanol–water partition coefficient (Wildman–Crippen LogP) is 4.22. The zero-order valence-corrected chi connectivity index (χ0v) is 14.1. The predicted molar refractivity (Wildman–Crippen MR) is 94.4 cm³/mol. The van der Waals surface area contributed by atoms with E-state index in [9.17, 15) is 4.79 Å². The van der Waals surface area contributed by atoms with Crippen LogP contribution in [0.5, 0.6) is 0 Å². The van der Waals surface area contributed by atoms with Gasteiger partial charge in [0, 0.05) is 4.90 Å². The summed E-state index contributed by atoms with van der Waals surface area (Å²) in [7, 11) is 0. The lowest BCUT2D eigenvalue weighted by molar-refractivity contribution is -0.121. The smallest absolute Gasteiger partial charge is 0.234 e. The minimum absolute atomic E-state index is 0.00710. The molecule has 1 heterocycles. The van der Waals surface area contributed by atoms with Crippen LogP contribution in [0.3, 0.4) is 0 Å². The molecule has 0 bridgehead atoms. The third-order valence-corrected chi connectivity index (χ3v) is 6.31. The number of hydrogen-bond acceptors (Lipinski definition) is 2. The first-order chi connectivity index (χ1) is 11.2. The molecule has 4 unspecified atom stereocenters. The lowest BCUT2D eigenvalue weighted by atomic mass is 10.0. The highest BCUT2D eigenvalue weighted by Gasteiger charge is 2.42.